The maximum atomic E-state index is 12.9. The number of rotatable bonds is 1. The second-order valence-corrected chi connectivity index (χ2v) is 9.96. The molecule has 8 heteroatoms. The highest BCUT2D eigenvalue weighted by Gasteiger charge is 2.67. The molecule has 6 nitrogen and oxygen atoms in total. The summed E-state index contributed by atoms with van der Waals surface area (Å²) in [6.45, 7) is 0. The van der Waals surface area contributed by atoms with Gasteiger partial charge in [-0.15, -0.1) is 11.8 Å². The van der Waals surface area contributed by atoms with E-state index in [1.165, 1.54) is 11.3 Å². The molecule has 2 fully saturated rings. The Hall–Kier alpha value is -2.06. The number of aromatic amines is 1. The Morgan fingerprint density at radius 1 is 1.22 bits per heavy atom. The SMILES string of the molecule is O=C(O)[C@@H]1[C@@H]2C[C@@H]3[C@@H]1C(=O)Oc1ccccc1[C@H]1c4sc(=O)[nH]c4S[C@@H]2[C@H]13. The van der Waals surface area contributed by atoms with E-state index in [2.05, 4.69) is 4.98 Å². The van der Waals surface area contributed by atoms with Crippen LogP contribution in [0.15, 0.2) is 34.1 Å². The van der Waals surface area contributed by atoms with Gasteiger partial charge < -0.3 is 14.8 Å². The third kappa shape index (κ3) is 1.95. The number of aromatic nitrogens is 1. The fraction of sp³-hybridized carbons (Fsp3) is 0.421. The molecular formula is C19H15NO5S2. The van der Waals surface area contributed by atoms with E-state index in [0.29, 0.717) is 5.75 Å². The summed E-state index contributed by atoms with van der Waals surface area (Å²) in [7, 11) is 0. The molecule has 6 rings (SSSR count). The maximum Gasteiger partial charge on any atom is 0.315 e. The van der Waals surface area contributed by atoms with Crippen LogP contribution in [-0.2, 0) is 9.59 Å². The van der Waals surface area contributed by atoms with Crippen molar-refractivity contribution in [2.24, 2.45) is 29.6 Å². The van der Waals surface area contributed by atoms with Crippen molar-refractivity contribution in [3.8, 4) is 5.75 Å². The van der Waals surface area contributed by atoms with Gasteiger partial charge >= 0.3 is 16.8 Å². The van der Waals surface area contributed by atoms with E-state index in [9.17, 15) is 19.5 Å². The molecule has 2 aromatic rings. The first kappa shape index (κ1) is 15.9. The lowest BCUT2D eigenvalue weighted by molar-refractivity contribution is -0.156. The van der Waals surface area contributed by atoms with Crippen LogP contribution < -0.4 is 9.61 Å². The molecule has 0 spiro atoms. The summed E-state index contributed by atoms with van der Waals surface area (Å²) >= 11 is 2.83. The minimum Gasteiger partial charge on any atom is -0.481 e. The third-order valence-corrected chi connectivity index (χ3v) is 9.32. The standard InChI is InChI=1S/C19H15NO5S2/c21-17(22)12-8-5-7-11-10(15-16(26-14(8)11)20-19(24)27-15)6-3-1-2-4-9(6)25-18(23)13(7)12/h1-4,7-8,10-14H,5H2,(H,20,24)(H,21,22)/t7-,8-,10+,11-,12+,13-,14-/m0/s1. The van der Waals surface area contributed by atoms with E-state index in [0.717, 1.165) is 21.9 Å². The minimum atomic E-state index is -0.918. The smallest absolute Gasteiger partial charge is 0.315 e. The van der Waals surface area contributed by atoms with E-state index >= 15 is 0 Å². The van der Waals surface area contributed by atoms with Gasteiger partial charge in [-0.05, 0) is 30.2 Å². The second-order valence-electron chi connectivity index (χ2n) is 7.76. The Labute approximate surface area is 161 Å². The Morgan fingerprint density at radius 3 is 2.85 bits per heavy atom. The number of para-hydroxylation sites is 1. The number of H-pyrrole nitrogens is 1. The van der Waals surface area contributed by atoms with Crippen molar-refractivity contribution < 1.29 is 19.4 Å². The molecule has 1 aromatic carbocycles. The second kappa shape index (κ2) is 5.26. The number of nitrogens with one attached hydrogen (secondary N) is 1. The molecule has 2 saturated carbocycles. The number of thioether (sulfide) groups is 1. The largest absolute Gasteiger partial charge is 0.481 e. The number of esters is 1. The van der Waals surface area contributed by atoms with Crippen LogP contribution in [0.2, 0.25) is 0 Å². The predicted molar refractivity (Wildman–Crippen MR) is 98.2 cm³/mol. The molecule has 0 amide bonds. The molecule has 0 saturated heterocycles. The molecule has 0 radical (unpaired) electrons. The highest BCUT2D eigenvalue weighted by molar-refractivity contribution is 8.00. The highest BCUT2D eigenvalue weighted by Crippen LogP contribution is 2.68. The van der Waals surface area contributed by atoms with E-state index in [1.807, 2.05) is 18.2 Å². The van der Waals surface area contributed by atoms with Crippen molar-refractivity contribution >= 4 is 35.0 Å². The van der Waals surface area contributed by atoms with Crippen LogP contribution in [-0.4, -0.2) is 27.3 Å². The average molecular weight is 401 g/mol. The van der Waals surface area contributed by atoms with Crippen LogP contribution >= 0.6 is 23.1 Å². The maximum absolute atomic E-state index is 12.9. The van der Waals surface area contributed by atoms with Crippen molar-refractivity contribution in [2.45, 2.75) is 22.6 Å². The zero-order valence-electron chi connectivity index (χ0n) is 14.0. The first-order valence-corrected chi connectivity index (χ1v) is 10.7. The van der Waals surface area contributed by atoms with E-state index in [4.69, 9.17) is 4.74 Å². The monoisotopic (exact) mass is 401 g/mol. The molecule has 4 aliphatic rings. The molecule has 2 aliphatic carbocycles. The van der Waals surface area contributed by atoms with Gasteiger partial charge in [0.1, 0.15) is 5.75 Å². The molecule has 27 heavy (non-hydrogen) atoms. The van der Waals surface area contributed by atoms with Gasteiger partial charge in [0.15, 0.2) is 0 Å². The van der Waals surface area contributed by atoms with Crippen molar-refractivity contribution in [3.63, 3.8) is 0 Å². The van der Waals surface area contributed by atoms with Crippen molar-refractivity contribution in [1.82, 2.24) is 4.98 Å². The normalized spacial score (nSPS) is 37.8. The van der Waals surface area contributed by atoms with Crippen LogP contribution in [0.4, 0.5) is 0 Å². The number of benzene rings is 1. The van der Waals surface area contributed by atoms with Gasteiger partial charge in [-0.25, -0.2) is 0 Å². The lowest BCUT2D eigenvalue weighted by atomic mass is 9.66. The number of ether oxygens (including phenoxy) is 1. The lowest BCUT2D eigenvalue weighted by Crippen LogP contribution is -2.49. The van der Waals surface area contributed by atoms with Gasteiger partial charge in [0.05, 0.1) is 16.9 Å². The predicted octanol–water partition coefficient (Wildman–Crippen LogP) is 2.54. The number of carbonyl (C=O) groups is 2. The number of thiazole rings is 1. The molecule has 7 atom stereocenters. The van der Waals surface area contributed by atoms with Crippen molar-refractivity contribution in [2.75, 3.05) is 0 Å². The van der Waals surface area contributed by atoms with E-state index < -0.39 is 23.8 Å². The molecule has 0 unspecified atom stereocenters. The minimum absolute atomic E-state index is 0.0233. The quantitative estimate of drug-likeness (QED) is 0.563. The summed E-state index contributed by atoms with van der Waals surface area (Å²) in [5, 5.41) is 10.8. The Bertz CT molecular complexity index is 1060. The molecule has 2 aliphatic heterocycles. The summed E-state index contributed by atoms with van der Waals surface area (Å²) < 4.78 is 5.72. The Morgan fingerprint density at radius 2 is 2.04 bits per heavy atom. The summed E-state index contributed by atoms with van der Waals surface area (Å²) in [5.74, 6) is -2.16. The van der Waals surface area contributed by atoms with Gasteiger partial charge in [-0.3, -0.25) is 14.4 Å². The summed E-state index contributed by atoms with van der Waals surface area (Å²) in [6.07, 6.45) is 0.733. The number of fused-ring (bicyclic) bond motifs is 6. The van der Waals surface area contributed by atoms with E-state index in [1.54, 1.807) is 17.8 Å². The summed E-state index contributed by atoms with van der Waals surface area (Å²) in [6, 6.07) is 7.47. The first-order chi connectivity index (χ1) is 13.0. The number of hydrogen-bond acceptors (Lipinski definition) is 6. The number of aliphatic carboxylic acids is 1. The zero-order valence-corrected chi connectivity index (χ0v) is 15.6. The van der Waals surface area contributed by atoms with Crippen molar-refractivity contribution in [3.05, 3.63) is 44.4 Å². The topological polar surface area (TPSA) is 96.5 Å². The third-order valence-electron chi connectivity index (χ3n) is 6.73. The van der Waals surface area contributed by atoms with E-state index in [-0.39, 0.29) is 33.8 Å². The highest BCUT2D eigenvalue weighted by atomic mass is 32.2. The van der Waals surface area contributed by atoms with Gasteiger partial charge in [0.2, 0.25) is 0 Å². The number of carbonyl (C=O) groups excluding carboxylic acids is 1. The molecule has 3 heterocycles. The van der Waals surface area contributed by atoms with Crippen LogP contribution in [0.1, 0.15) is 22.8 Å². The fourth-order valence-electron chi connectivity index (χ4n) is 5.95. The molecule has 1 aromatic heterocycles. The molecular weight excluding hydrogens is 386 g/mol. The molecule has 2 N–H and O–H groups in total. The lowest BCUT2D eigenvalue weighted by Gasteiger charge is -2.45. The van der Waals surface area contributed by atoms with Crippen LogP contribution in [0.5, 0.6) is 5.75 Å². The Balaban J connectivity index is 1.64. The van der Waals surface area contributed by atoms with Crippen LogP contribution in [0, 0.1) is 29.6 Å². The summed E-state index contributed by atoms with van der Waals surface area (Å²) in [4.78, 5) is 40.9. The average Bonchev–Trinajstić information content (AvgIpc) is 3.29. The van der Waals surface area contributed by atoms with Crippen LogP contribution in [0.3, 0.4) is 0 Å². The summed E-state index contributed by atoms with van der Waals surface area (Å²) in [5.41, 5.74) is 0.926. The van der Waals surface area contributed by atoms with Gasteiger partial charge in [0, 0.05) is 21.6 Å². The number of hydrogen-bond donors (Lipinski definition) is 2. The zero-order chi connectivity index (χ0) is 18.4. The van der Waals surface area contributed by atoms with Crippen LogP contribution in [0.25, 0.3) is 0 Å². The number of carboxylic acid groups (broad SMARTS) is 1. The first-order valence-electron chi connectivity index (χ1n) is 8.97. The molecule has 138 valence electrons. The fourth-order valence-corrected chi connectivity index (χ4v) is 8.83. The van der Waals surface area contributed by atoms with Crippen molar-refractivity contribution in [1.29, 1.82) is 0 Å². The van der Waals surface area contributed by atoms with Gasteiger partial charge in [-0.2, -0.15) is 0 Å². The number of carboxylic acids is 1. The Kier molecular flexibility index (Phi) is 3.11. The molecule has 2 bridgehead atoms. The van der Waals surface area contributed by atoms with Gasteiger partial charge in [0.25, 0.3) is 0 Å². The van der Waals surface area contributed by atoms with Gasteiger partial charge in [-0.1, -0.05) is 29.5 Å².